The third-order valence-corrected chi connectivity index (χ3v) is 6.22. The summed E-state index contributed by atoms with van der Waals surface area (Å²) >= 11 is 0. The number of carbonyl (C=O) groups is 1. The zero-order valence-corrected chi connectivity index (χ0v) is 17.0. The van der Waals surface area contributed by atoms with Crippen LogP contribution in [0.15, 0.2) is 30.6 Å². The first-order valence-corrected chi connectivity index (χ1v) is 10.5. The molecule has 3 heterocycles. The Morgan fingerprint density at radius 3 is 2.79 bits per heavy atom. The van der Waals surface area contributed by atoms with E-state index in [0.717, 1.165) is 56.6 Å². The molecule has 6 heteroatoms. The van der Waals surface area contributed by atoms with E-state index in [1.165, 1.54) is 12.1 Å². The van der Waals surface area contributed by atoms with E-state index in [1.54, 1.807) is 6.20 Å². The van der Waals surface area contributed by atoms with Crippen LogP contribution in [0.5, 0.6) is 0 Å². The number of aromatic nitrogens is 3. The molecule has 0 bridgehead atoms. The summed E-state index contributed by atoms with van der Waals surface area (Å²) in [6.07, 6.45) is 9.18. The van der Waals surface area contributed by atoms with Gasteiger partial charge in [-0.3, -0.25) is 19.4 Å². The van der Waals surface area contributed by atoms with Gasteiger partial charge in [-0.2, -0.15) is 5.10 Å². The first-order chi connectivity index (χ1) is 13.6. The molecule has 0 N–H and O–H groups in total. The van der Waals surface area contributed by atoms with Gasteiger partial charge in [-0.1, -0.05) is 12.5 Å². The van der Waals surface area contributed by atoms with E-state index < -0.39 is 0 Å². The van der Waals surface area contributed by atoms with E-state index in [1.807, 2.05) is 30.9 Å². The quantitative estimate of drug-likeness (QED) is 0.772. The summed E-state index contributed by atoms with van der Waals surface area (Å²) in [7, 11) is 2.01. The third kappa shape index (κ3) is 4.27. The number of likely N-dealkylation sites (tertiary alicyclic amines) is 1. The third-order valence-electron chi connectivity index (χ3n) is 6.22. The van der Waals surface area contributed by atoms with Gasteiger partial charge in [0, 0.05) is 51.0 Å². The van der Waals surface area contributed by atoms with Crippen LogP contribution in [0.4, 0.5) is 0 Å². The maximum atomic E-state index is 13.2. The zero-order chi connectivity index (χ0) is 19.5. The number of aryl methyl sites for hydroxylation is 2. The molecule has 1 atom stereocenters. The van der Waals surface area contributed by atoms with Crippen LogP contribution in [0.3, 0.4) is 0 Å². The molecule has 1 aliphatic carbocycles. The van der Waals surface area contributed by atoms with Crippen LogP contribution in [-0.4, -0.2) is 49.6 Å². The Labute approximate surface area is 167 Å². The fraction of sp³-hybridized carbons (Fsp3) is 0.591. The summed E-state index contributed by atoms with van der Waals surface area (Å²) in [4.78, 5) is 22.1. The molecule has 150 valence electrons. The smallest absolute Gasteiger partial charge is 0.226 e. The predicted octanol–water partition coefficient (Wildman–Crippen LogP) is 2.92. The monoisotopic (exact) mass is 381 g/mol. The van der Waals surface area contributed by atoms with Crippen molar-refractivity contribution in [1.29, 1.82) is 0 Å². The lowest BCUT2D eigenvalue weighted by Gasteiger charge is -2.42. The molecule has 2 aliphatic rings. The number of hydrogen-bond acceptors (Lipinski definition) is 4. The second-order valence-electron chi connectivity index (χ2n) is 8.39. The Bertz CT molecular complexity index is 799. The Morgan fingerprint density at radius 2 is 2.14 bits per heavy atom. The average molecular weight is 382 g/mol. The highest BCUT2D eigenvalue weighted by atomic mass is 16.2. The van der Waals surface area contributed by atoms with Crippen molar-refractivity contribution in [2.24, 2.45) is 13.0 Å². The molecule has 1 aliphatic heterocycles. The van der Waals surface area contributed by atoms with Crippen molar-refractivity contribution >= 4 is 5.91 Å². The fourth-order valence-electron chi connectivity index (χ4n) is 4.44. The predicted molar refractivity (Wildman–Crippen MR) is 108 cm³/mol. The number of rotatable bonds is 6. The summed E-state index contributed by atoms with van der Waals surface area (Å²) in [5.74, 6) is 0.574. The SMILES string of the molecule is Cc1cc(CN2CCCC(N(Cc3cccnc3)C(=O)C3CCC3)C2)n(C)n1. The average Bonchev–Trinajstić information content (AvgIpc) is 2.96. The Kier molecular flexibility index (Phi) is 5.76. The van der Waals surface area contributed by atoms with Gasteiger partial charge in [-0.15, -0.1) is 0 Å². The molecule has 2 aromatic heterocycles. The molecule has 2 aromatic rings. The van der Waals surface area contributed by atoms with Gasteiger partial charge >= 0.3 is 0 Å². The Balaban J connectivity index is 1.48. The molecule has 1 amide bonds. The van der Waals surface area contributed by atoms with Crippen molar-refractivity contribution in [2.75, 3.05) is 13.1 Å². The molecule has 0 spiro atoms. The second kappa shape index (κ2) is 8.43. The van der Waals surface area contributed by atoms with Gasteiger partial charge in [-0.05, 0) is 56.8 Å². The van der Waals surface area contributed by atoms with Gasteiger partial charge in [0.1, 0.15) is 0 Å². The highest BCUT2D eigenvalue weighted by molar-refractivity contribution is 5.80. The van der Waals surface area contributed by atoms with Crippen molar-refractivity contribution in [1.82, 2.24) is 24.6 Å². The van der Waals surface area contributed by atoms with Crippen molar-refractivity contribution in [3.63, 3.8) is 0 Å². The molecule has 1 saturated heterocycles. The van der Waals surface area contributed by atoms with Crippen LogP contribution in [0.25, 0.3) is 0 Å². The van der Waals surface area contributed by atoms with E-state index in [2.05, 4.69) is 32.0 Å². The highest BCUT2D eigenvalue weighted by Gasteiger charge is 2.35. The molecule has 6 nitrogen and oxygen atoms in total. The second-order valence-corrected chi connectivity index (χ2v) is 8.39. The fourth-order valence-corrected chi connectivity index (χ4v) is 4.44. The van der Waals surface area contributed by atoms with Gasteiger partial charge < -0.3 is 4.90 Å². The number of nitrogens with zero attached hydrogens (tertiary/aromatic N) is 5. The van der Waals surface area contributed by atoms with Crippen LogP contribution >= 0.6 is 0 Å². The van der Waals surface area contributed by atoms with E-state index in [4.69, 9.17) is 0 Å². The number of piperidine rings is 1. The number of amides is 1. The summed E-state index contributed by atoms with van der Waals surface area (Å²) in [6.45, 7) is 5.62. The maximum Gasteiger partial charge on any atom is 0.226 e. The maximum absolute atomic E-state index is 13.2. The first kappa shape index (κ1) is 19.1. The van der Waals surface area contributed by atoms with E-state index >= 15 is 0 Å². The molecular formula is C22H31N5O. The molecule has 1 saturated carbocycles. The van der Waals surface area contributed by atoms with E-state index in [0.29, 0.717) is 12.5 Å². The topological polar surface area (TPSA) is 54.3 Å². The summed E-state index contributed by atoms with van der Waals surface area (Å²) in [5, 5.41) is 4.48. The molecular weight excluding hydrogens is 350 g/mol. The van der Waals surface area contributed by atoms with Gasteiger partial charge in [0.05, 0.1) is 11.4 Å². The summed E-state index contributed by atoms with van der Waals surface area (Å²) in [6, 6.07) is 6.47. The van der Waals surface area contributed by atoms with Crippen LogP contribution in [0, 0.1) is 12.8 Å². The standard InChI is InChI=1S/C22H31N5O/c1-17-12-21(25(2)24-17)16-26-11-5-9-20(15-26)27(22(28)19-7-3-8-19)14-18-6-4-10-23-13-18/h4,6,10,12-13,19-20H,3,5,7-9,11,14-16H2,1-2H3. The Hall–Kier alpha value is -2.21. The van der Waals surface area contributed by atoms with Crippen molar-refractivity contribution in [3.8, 4) is 0 Å². The lowest BCUT2D eigenvalue weighted by molar-refractivity contribution is -0.142. The van der Waals surface area contributed by atoms with Crippen molar-refractivity contribution in [3.05, 3.63) is 47.5 Å². The van der Waals surface area contributed by atoms with Crippen molar-refractivity contribution in [2.45, 2.75) is 58.2 Å². The normalized spacial score (nSPS) is 20.7. The molecule has 2 fully saturated rings. The number of hydrogen-bond donors (Lipinski definition) is 0. The van der Waals surface area contributed by atoms with Gasteiger partial charge in [0.15, 0.2) is 0 Å². The molecule has 4 rings (SSSR count). The summed E-state index contributed by atoms with van der Waals surface area (Å²) in [5.41, 5.74) is 3.42. The molecule has 0 aromatic carbocycles. The first-order valence-electron chi connectivity index (χ1n) is 10.5. The minimum absolute atomic E-state index is 0.228. The zero-order valence-electron chi connectivity index (χ0n) is 17.0. The van der Waals surface area contributed by atoms with Crippen LogP contribution in [-0.2, 0) is 24.9 Å². The lowest BCUT2D eigenvalue weighted by Crippen LogP contribution is -2.52. The minimum Gasteiger partial charge on any atom is -0.334 e. The molecule has 28 heavy (non-hydrogen) atoms. The van der Waals surface area contributed by atoms with Crippen LogP contribution in [0.2, 0.25) is 0 Å². The van der Waals surface area contributed by atoms with E-state index in [-0.39, 0.29) is 12.0 Å². The summed E-state index contributed by atoms with van der Waals surface area (Å²) < 4.78 is 1.98. The lowest BCUT2D eigenvalue weighted by atomic mass is 9.83. The molecule has 0 radical (unpaired) electrons. The Morgan fingerprint density at radius 1 is 1.29 bits per heavy atom. The van der Waals surface area contributed by atoms with E-state index in [9.17, 15) is 4.79 Å². The number of carbonyl (C=O) groups excluding carboxylic acids is 1. The highest BCUT2D eigenvalue weighted by Crippen LogP contribution is 2.31. The molecule has 1 unspecified atom stereocenters. The largest absolute Gasteiger partial charge is 0.334 e. The van der Waals surface area contributed by atoms with Crippen LogP contribution < -0.4 is 0 Å². The van der Waals surface area contributed by atoms with Crippen LogP contribution in [0.1, 0.15) is 49.1 Å². The van der Waals surface area contributed by atoms with Gasteiger partial charge in [0.25, 0.3) is 0 Å². The van der Waals surface area contributed by atoms with Gasteiger partial charge in [0.2, 0.25) is 5.91 Å². The minimum atomic E-state index is 0.228. The van der Waals surface area contributed by atoms with Gasteiger partial charge in [-0.25, -0.2) is 0 Å². The number of pyridine rings is 1. The van der Waals surface area contributed by atoms with Crippen molar-refractivity contribution < 1.29 is 4.79 Å².